The molecule has 0 fully saturated rings. The quantitative estimate of drug-likeness (QED) is 0.568. The Balaban J connectivity index is 1.86. The van der Waals surface area contributed by atoms with E-state index in [0.29, 0.717) is 5.56 Å². The van der Waals surface area contributed by atoms with Crippen LogP contribution >= 0.6 is 0 Å². The number of benzene rings is 3. The van der Waals surface area contributed by atoms with E-state index in [0.717, 1.165) is 10.6 Å². The molecule has 0 aliphatic heterocycles. The normalized spacial score (nSPS) is 12.7. The van der Waals surface area contributed by atoms with Crippen molar-refractivity contribution in [3.05, 3.63) is 90.0 Å². The van der Waals surface area contributed by atoms with Crippen molar-refractivity contribution >= 4 is 31.5 Å². The van der Waals surface area contributed by atoms with Crippen molar-refractivity contribution in [3.63, 3.8) is 0 Å². The van der Waals surface area contributed by atoms with Crippen molar-refractivity contribution in [3.8, 4) is 0 Å². The van der Waals surface area contributed by atoms with E-state index in [1.54, 1.807) is 61.5 Å². The predicted molar refractivity (Wildman–Crippen MR) is 124 cm³/mol. The van der Waals surface area contributed by atoms with E-state index in [4.69, 9.17) is 0 Å². The Kier molecular flexibility index (Phi) is 6.71. The number of carbonyl (C=O) groups excluding carboxylic acids is 1. The second-order valence-corrected chi connectivity index (χ2v) is 11.3. The van der Waals surface area contributed by atoms with E-state index in [1.165, 1.54) is 31.3 Å². The minimum absolute atomic E-state index is 0.122. The number of carbonyl (C=O) groups is 1. The number of hydrogen-bond acceptors (Lipinski definition) is 5. The lowest BCUT2D eigenvalue weighted by atomic mass is 10.1. The highest BCUT2D eigenvalue weighted by atomic mass is 32.2. The summed E-state index contributed by atoms with van der Waals surface area (Å²) >= 11 is 0. The molecular weight excluding hydrogens is 448 g/mol. The van der Waals surface area contributed by atoms with Crippen LogP contribution in [0.15, 0.2) is 88.7 Å². The Labute approximate surface area is 188 Å². The summed E-state index contributed by atoms with van der Waals surface area (Å²) in [6.07, 6.45) is 1.13. The van der Waals surface area contributed by atoms with Gasteiger partial charge in [0.1, 0.15) is 0 Å². The monoisotopic (exact) mass is 472 g/mol. The van der Waals surface area contributed by atoms with Gasteiger partial charge in [0.25, 0.3) is 15.9 Å². The van der Waals surface area contributed by atoms with Crippen LogP contribution in [0.2, 0.25) is 0 Å². The Morgan fingerprint density at radius 1 is 0.812 bits per heavy atom. The highest BCUT2D eigenvalue weighted by Crippen LogP contribution is 2.26. The van der Waals surface area contributed by atoms with Gasteiger partial charge in [-0.05, 0) is 48.9 Å². The first kappa shape index (κ1) is 23.5. The maximum absolute atomic E-state index is 13.0. The number of hydrogen-bond donors (Lipinski definition) is 1. The molecule has 0 saturated heterocycles. The molecule has 0 radical (unpaired) electrons. The molecule has 0 aliphatic rings. The SMILES string of the molecule is CC(NC(=O)c1ccccc1N(C)S(=O)(=O)c1ccccc1)c1ccc(S(C)(=O)=O)cc1. The van der Waals surface area contributed by atoms with Gasteiger partial charge in [0.2, 0.25) is 0 Å². The lowest BCUT2D eigenvalue weighted by Gasteiger charge is -2.23. The first-order valence-electron chi connectivity index (χ1n) is 9.75. The van der Waals surface area contributed by atoms with E-state index in [1.807, 2.05) is 0 Å². The van der Waals surface area contributed by atoms with Crippen molar-refractivity contribution in [2.75, 3.05) is 17.6 Å². The van der Waals surface area contributed by atoms with Gasteiger partial charge in [-0.25, -0.2) is 16.8 Å². The summed E-state index contributed by atoms with van der Waals surface area (Å²) < 4.78 is 50.4. The lowest BCUT2D eigenvalue weighted by Crippen LogP contribution is -2.31. The molecule has 0 heterocycles. The van der Waals surface area contributed by atoms with E-state index in [-0.39, 0.29) is 21.0 Å². The molecule has 32 heavy (non-hydrogen) atoms. The summed E-state index contributed by atoms with van der Waals surface area (Å²) in [5.74, 6) is -0.449. The number of para-hydroxylation sites is 1. The molecule has 9 heteroatoms. The highest BCUT2D eigenvalue weighted by Gasteiger charge is 2.25. The van der Waals surface area contributed by atoms with Crippen molar-refractivity contribution < 1.29 is 21.6 Å². The predicted octanol–water partition coefficient (Wildman–Crippen LogP) is 3.41. The average molecular weight is 473 g/mol. The Morgan fingerprint density at radius 2 is 1.38 bits per heavy atom. The molecule has 1 atom stereocenters. The molecule has 0 saturated carbocycles. The number of nitrogens with zero attached hydrogens (tertiary/aromatic N) is 1. The first-order chi connectivity index (χ1) is 15.0. The molecule has 0 bridgehead atoms. The van der Waals surface area contributed by atoms with Crippen LogP contribution in [0.25, 0.3) is 0 Å². The summed E-state index contributed by atoms with van der Waals surface area (Å²) in [7, 11) is -5.76. The molecule has 168 valence electrons. The third-order valence-corrected chi connectivity index (χ3v) is 7.96. The zero-order chi connectivity index (χ0) is 23.5. The summed E-state index contributed by atoms with van der Waals surface area (Å²) in [5.41, 5.74) is 1.16. The molecule has 3 aromatic rings. The summed E-state index contributed by atoms with van der Waals surface area (Å²) in [5, 5.41) is 2.85. The zero-order valence-electron chi connectivity index (χ0n) is 17.9. The molecule has 1 N–H and O–H groups in total. The van der Waals surface area contributed by atoms with E-state index in [2.05, 4.69) is 5.32 Å². The second-order valence-electron chi connectivity index (χ2n) is 7.34. The zero-order valence-corrected chi connectivity index (χ0v) is 19.5. The van der Waals surface area contributed by atoms with Crippen LogP contribution in [0.3, 0.4) is 0 Å². The van der Waals surface area contributed by atoms with Gasteiger partial charge in [0.15, 0.2) is 9.84 Å². The van der Waals surface area contributed by atoms with Gasteiger partial charge < -0.3 is 5.32 Å². The van der Waals surface area contributed by atoms with Crippen molar-refractivity contribution in [2.24, 2.45) is 0 Å². The third-order valence-electron chi connectivity index (χ3n) is 5.05. The van der Waals surface area contributed by atoms with E-state index in [9.17, 15) is 21.6 Å². The minimum atomic E-state index is -3.85. The van der Waals surface area contributed by atoms with E-state index < -0.39 is 31.8 Å². The lowest BCUT2D eigenvalue weighted by molar-refractivity contribution is 0.0940. The fourth-order valence-electron chi connectivity index (χ4n) is 3.18. The Hall–Kier alpha value is -3.17. The topological polar surface area (TPSA) is 101 Å². The molecule has 1 unspecified atom stereocenters. The maximum atomic E-state index is 13.0. The van der Waals surface area contributed by atoms with E-state index >= 15 is 0 Å². The number of sulfone groups is 1. The van der Waals surface area contributed by atoms with Gasteiger partial charge in [0, 0.05) is 13.3 Å². The molecule has 7 nitrogen and oxygen atoms in total. The summed E-state index contributed by atoms with van der Waals surface area (Å²) in [4.78, 5) is 13.3. The van der Waals surface area contributed by atoms with Crippen LogP contribution < -0.4 is 9.62 Å². The van der Waals surface area contributed by atoms with Crippen LogP contribution in [0.5, 0.6) is 0 Å². The molecule has 0 aliphatic carbocycles. The van der Waals surface area contributed by atoms with Crippen LogP contribution in [-0.2, 0) is 19.9 Å². The number of rotatable bonds is 7. The highest BCUT2D eigenvalue weighted by molar-refractivity contribution is 7.92. The van der Waals surface area contributed by atoms with Gasteiger partial charge >= 0.3 is 0 Å². The second kappa shape index (κ2) is 9.13. The number of nitrogens with one attached hydrogen (secondary N) is 1. The van der Waals surface area contributed by atoms with Crippen LogP contribution in [0.1, 0.15) is 28.9 Å². The van der Waals surface area contributed by atoms with Crippen LogP contribution in [0.4, 0.5) is 5.69 Å². The first-order valence-corrected chi connectivity index (χ1v) is 13.1. The summed E-state index contributed by atoms with van der Waals surface area (Å²) in [6, 6.07) is 20.3. The van der Waals surface area contributed by atoms with Gasteiger partial charge in [0.05, 0.1) is 27.1 Å². The third kappa shape index (κ3) is 5.00. The van der Waals surface area contributed by atoms with Gasteiger partial charge in [-0.1, -0.05) is 42.5 Å². The molecule has 0 aromatic heterocycles. The molecule has 3 rings (SSSR count). The van der Waals surface area contributed by atoms with Crippen molar-refractivity contribution in [2.45, 2.75) is 22.8 Å². The van der Waals surface area contributed by atoms with Gasteiger partial charge in [-0.2, -0.15) is 0 Å². The van der Waals surface area contributed by atoms with Crippen LogP contribution in [-0.4, -0.2) is 36.0 Å². The van der Waals surface area contributed by atoms with Gasteiger partial charge in [-0.15, -0.1) is 0 Å². The minimum Gasteiger partial charge on any atom is -0.345 e. The maximum Gasteiger partial charge on any atom is 0.264 e. The fourth-order valence-corrected chi connectivity index (χ4v) is 5.05. The molecule has 0 spiro atoms. The molecular formula is C23H24N2O5S2. The molecule has 3 aromatic carbocycles. The largest absolute Gasteiger partial charge is 0.345 e. The average Bonchev–Trinajstić information content (AvgIpc) is 2.78. The van der Waals surface area contributed by atoms with Crippen molar-refractivity contribution in [1.82, 2.24) is 5.32 Å². The smallest absolute Gasteiger partial charge is 0.264 e. The fraction of sp³-hybridized carbons (Fsp3) is 0.174. The number of anilines is 1. The van der Waals surface area contributed by atoms with Crippen LogP contribution in [0, 0.1) is 0 Å². The molecule has 1 amide bonds. The Bertz CT molecular complexity index is 1320. The summed E-state index contributed by atoms with van der Waals surface area (Å²) in [6.45, 7) is 1.76. The number of sulfonamides is 1. The number of amides is 1. The van der Waals surface area contributed by atoms with Crippen molar-refractivity contribution in [1.29, 1.82) is 0 Å². The Morgan fingerprint density at radius 3 is 1.97 bits per heavy atom. The van der Waals surface area contributed by atoms with Gasteiger partial charge in [-0.3, -0.25) is 9.10 Å². The standard InChI is InChI=1S/C23H24N2O5S2/c1-17(18-13-15-19(16-14-18)31(3,27)28)24-23(26)21-11-7-8-12-22(21)25(2)32(29,30)20-9-5-4-6-10-20/h4-17H,1-3H3,(H,24,26).